The van der Waals surface area contributed by atoms with Gasteiger partial charge in [-0.05, 0) is 36.0 Å². The molecule has 0 saturated heterocycles. The molecule has 0 aliphatic heterocycles. The monoisotopic (exact) mass is 423 g/mol. The van der Waals surface area contributed by atoms with Gasteiger partial charge in [-0.25, -0.2) is 8.42 Å². The summed E-state index contributed by atoms with van der Waals surface area (Å²) in [5, 5.41) is 13.6. The van der Waals surface area contributed by atoms with Crippen LogP contribution in [0.4, 0.5) is 16.2 Å². The van der Waals surface area contributed by atoms with Crippen molar-refractivity contribution in [1.82, 2.24) is 4.90 Å². The number of nitro benzene ring substituents is 1. The summed E-state index contributed by atoms with van der Waals surface area (Å²) in [6, 6.07) is 9.73. The molecule has 0 spiro atoms. The third-order valence-electron chi connectivity index (χ3n) is 3.51. The average molecular weight is 423 g/mol. The van der Waals surface area contributed by atoms with E-state index in [9.17, 15) is 28.1 Å². The standard InChI is InChI=1S/C17H17N3O6S2/c1-19(2)17(22)27-14-7-5-4-6-12(14)18-16(21)11-8-9-15(28(3,25)26)13(10-11)20(23)24/h4-10H,1-3H3,(H,18,21). The number of anilines is 1. The molecule has 0 aromatic heterocycles. The first-order valence-electron chi connectivity index (χ1n) is 7.78. The lowest BCUT2D eigenvalue weighted by atomic mass is 10.2. The van der Waals surface area contributed by atoms with Gasteiger partial charge >= 0.3 is 0 Å². The lowest BCUT2D eigenvalue weighted by molar-refractivity contribution is -0.387. The third-order valence-corrected chi connectivity index (χ3v) is 5.77. The summed E-state index contributed by atoms with van der Waals surface area (Å²) in [7, 11) is -0.635. The quantitative estimate of drug-likeness (QED) is 0.445. The summed E-state index contributed by atoms with van der Waals surface area (Å²) < 4.78 is 23.4. The van der Waals surface area contributed by atoms with Gasteiger partial charge in [-0.3, -0.25) is 19.7 Å². The van der Waals surface area contributed by atoms with E-state index < -0.39 is 31.3 Å². The summed E-state index contributed by atoms with van der Waals surface area (Å²) >= 11 is 0.914. The summed E-state index contributed by atoms with van der Waals surface area (Å²) in [6.07, 6.45) is 0.851. The molecule has 0 bridgehead atoms. The van der Waals surface area contributed by atoms with Crippen LogP contribution in [-0.4, -0.2) is 49.7 Å². The van der Waals surface area contributed by atoms with E-state index in [4.69, 9.17) is 0 Å². The number of hydrogen-bond acceptors (Lipinski definition) is 7. The minimum absolute atomic E-state index is 0.0853. The predicted molar refractivity (Wildman–Crippen MR) is 106 cm³/mol. The maximum atomic E-state index is 12.5. The van der Waals surface area contributed by atoms with E-state index in [-0.39, 0.29) is 10.8 Å². The number of nitro groups is 1. The molecule has 2 aromatic rings. The van der Waals surface area contributed by atoms with Gasteiger partial charge in [-0.15, -0.1) is 0 Å². The van der Waals surface area contributed by atoms with E-state index in [1.54, 1.807) is 38.4 Å². The first kappa shape index (κ1) is 21.4. The molecular weight excluding hydrogens is 406 g/mol. The Bertz CT molecular complexity index is 1050. The topological polar surface area (TPSA) is 127 Å². The smallest absolute Gasteiger partial charge is 0.288 e. The van der Waals surface area contributed by atoms with Crippen LogP contribution in [-0.2, 0) is 9.84 Å². The van der Waals surface area contributed by atoms with Crippen LogP contribution >= 0.6 is 11.8 Å². The molecule has 0 radical (unpaired) electrons. The number of carbonyl (C=O) groups excluding carboxylic acids is 2. The first-order valence-corrected chi connectivity index (χ1v) is 10.5. The van der Waals surface area contributed by atoms with Crippen molar-refractivity contribution >= 4 is 44.1 Å². The fraction of sp³-hybridized carbons (Fsp3) is 0.176. The molecule has 0 unspecified atom stereocenters. The molecule has 0 saturated carbocycles. The van der Waals surface area contributed by atoms with Crippen LogP contribution in [0.25, 0.3) is 0 Å². The van der Waals surface area contributed by atoms with Crippen molar-refractivity contribution in [2.45, 2.75) is 9.79 Å². The van der Waals surface area contributed by atoms with Crippen molar-refractivity contribution in [2.75, 3.05) is 25.7 Å². The highest BCUT2D eigenvalue weighted by molar-refractivity contribution is 8.13. The van der Waals surface area contributed by atoms with Crippen LogP contribution in [0.1, 0.15) is 10.4 Å². The number of benzene rings is 2. The van der Waals surface area contributed by atoms with Gasteiger partial charge in [0.15, 0.2) is 9.84 Å². The molecular formula is C17H17N3O6S2. The van der Waals surface area contributed by atoms with Crippen LogP contribution in [0, 0.1) is 10.1 Å². The SMILES string of the molecule is CN(C)C(=O)Sc1ccccc1NC(=O)c1ccc(S(C)(=O)=O)c([N+](=O)[O-])c1. The maximum absolute atomic E-state index is 12.5. The third kappa shape index (κ3) is 5.08. The van der Waals surface area contributed by atoms with Crippen molar-refractivity contribution in [1.29, 1.82) is 0 Å². The summed E-state index contributed by atoms with van der Waals surface area (Å²) in [4.78, 5) is 36.2. The van der Waals surface area contributed by atoms with E-state index >= 15 is 0 Å². The van der Waals surface area contributed by atoms with Gasteiger partial charge < -0.3 is 10.2 Å². The van der Waals surface area contributed by atoms with Gasteiger partial charge in [0.05, 0.1) is 10.6 Å². The number of hydrogen-bond donors (Lipinski definition) is 1. The Hall–Kier alpha value is -2.92. The Morgan fingerprint density at radius 1 is 1.14 bits per heavy atom. The zero-order valence-electron chi connectivity index (χ0n) is 15.2. The average Bonchev–Trinajstić information content (AvgIpc) is 2.61. The number of thioether (sulfide) groups is 1. The van der Waals surface area contributed by atoms with Crippen LogP contribution in [0.3, 0.4) is 0 Å². The number of nitrogens with zero attached hydrogens (tertiary/aromatic N) is 2. The van der Waals surface area contributed by atoms with E-state index in [1.807, 2.05) is 0 Å². The van der Waals surface area contributed by atoms with Crippen molar-refractivity contribution < 1.29 is 22.9 Å². The van der Waals surface area contributed by atoms with Crippen LogP contribution in [0.2, 0.25) is 0 Å². The molecule has 2 amide bonds. The summed E-state index contributed by atoms with van der Waals surface area (Å²) in [6.45, 7) is 0. The number of sulfone groups is 1. The van der Waals surface area contributed by atoms with Crippen molar-refractivity contribution in [3.05, 3.63) is 58.1 Å². The van der Waals surface area contributed by atoms with Crippen LogP contribution in [0.15, 0.2) is 52.3 Å². The second-order valence-electron chi connectivity index (χ2n) is 5.92. The zero-order chi connectivity index (χ0) is 21.1. The normalized spacial score (nSPS) is 11.0. The molecule has 0 heterocycles. The molecule has 148 valence electrons. The van der Waals surface area contributed by atoms with Crippen LogP contribution in [0.5, 0.6) is 0 Å². The minimum Gasteiger partial charge on any atom is -0.339 e. The van der Waals surface area contributed by atoms with Crippen molar-refractivity contribution in [3.8, 4) is 0 Å². The number of rotatable bonds is 5. The minimum atomic E-state index is -3.83. The molecule has 0 fully saturated rings. The number of para-hydroxylation sites is 1. The van der Waals surface area contributed by atoms with E-state index in [0.29, 0.717) is 10.6 Å². The lowest BCUT2D eigenvalue weighted by Gasteiger charge is -2.13. The Kier molecular flexibility index (Phi) is 6.41. The molecule has 2 aromatic carbocycles. The van der Waals surface area contributed by atoms with Crippen molar-refractivity contribution in [3.63, 3.8) is 0 Å². The molecule has 11 heteroatoms. The van der Waals surface area contributed by atoms with Gasteiger partial charge in [0.1, 0.15) is 4.90 Å². The Morgan fingerprint density at radius 3 is 2.36 bits per heavy atom. The highest BCUT2D eigenvalue weighted by Crippen LogP contribution is 2.30. The molecule has 0 aliphatic rings. The van der Waals surface area contributed by atoms with Gasteiger partial charge in [-0.2, -0.15) is 0 Å². The number of nitrogens with one attached hydrogen (secondary N) is 1. The molecule has 28 heavy (non-hydrogen) atoms. The Balaban J connectivity index is 2.35. The number of carbonyl (C=O) groups is 2. The van der Waals surface area contributed by atoms with E-state index in [1.165, 1.54) is 11.0 Å². The fourth-order valence-electron chi connectivity index (χ4n) is 2.15. The predicted octanol–water partition coefficient (Wildman–Crippen LogP) is 3.02. The van der Waals surface area contributed by atoms with Gasteiger partial charge in [0, 0.05) is 36.9 Å². The van der Waals surface area contributed by atoms with Crippen molar-refractivity contribution in [2.24, 2.45) is 0 Å². The lowest BCUT2D eigenvalue weighted by Crippen LogP contribution is -2.17. The summed E-state index contributed by atoms with van der Waals surface area (Å²) in [5.74, 6) is -0.673. The molecule has 0 atom stereocenters. The van der Waals surface area contributed by atoms with Gasteiger partial charge in [0.2, 0.25) is 0 Å². The van der Waals surface area contributed by atoms with E-state index in [0.717, 1.165) is 30.2 Å². The molecule has 9 nitrogen and oxygen atoms in total. The molecule has 0 aliphatic carbocycles. The second kappa shape index (κ2) is 8.40. The van der Waals surface area contributed by atoms with E-state index in [2.05, 4.69) is 5.32 Å². The van der Waals surface area contributed by atoms with Gasteiger partial charge in [0.25, 0.3) is 16.8 Å². The first-order chi connectivity index (χ1) is 13.0. The zero-order valence-corrected chi connectivity index (χ0v) is 16.8. The Labute approximate surface area is 165 Å². The largest absolute Gasteiger partial charge is 0.339 e. The highest BCUT2D eigenvalue weighted by atomic mass is 32.2. The Morgan fingerprint density at radius 2 is 1.79 bits per heavy atom. The fourth-order valence-corrected chi connectivity index (χ4v) is 3.73. The van der Waals surface area contributed by atoms with Crippen LogP contribution < -0.4 is 5.32 Å². The second-order valence-corrected chi connectivity index (χ2v) is 8.90. The maximum Gasteiger partial charge on any atom is 0.288 e. The molecule has 2 rings (SSSR count). The highest BCUT2D eigenvalue weighted by Gasteiger charge is 2.24. The van der Waals surface area contributed by atoms with Gasteiger partial charge in [-0.1, -0.05) is 12.1 Å². The number of amides is 2. The summed E-state index contributed by atoms with van der Waals surface area (Å²) in [5.41, 5.74) is -0.416. The molecule has 1 N–H and O–H groups in total.